The molecule has 0 aliphatic heterocycles. The van der Waals surface area contributed by atoms with Gasteiger partial charge in [0.2, 0.25) is 12.1 Å². The maximum atomic E-state index is 13.6. The third kappa shape index (κ3) is 12.2. The minimum Gasteiger partial charge on any atom is -0.323 e. The molecular weight excluding hydrogens is 902 g/mol. The standard InChI is InChI=1S/C46H42Cl4N8O6/c1-5-31-32(6-2)36(54-46(64)42(26(4)60)58-56-38-12-8-10-34(40(38)50)44(62)52-30-19-15-28(24-48)16-20-30)22-21-35(31)53-45(63)41(25(3)59)57-55-37-11-7-9-33(39(37)49)43(61)51-29-17-13-27(23-47)14-18-29/h7-22,41-42H,5-6,23-24H2,1-4H3,(H,51,61)(H,52,62)(H,53,63)(H,54,64). The number of amides is 4. The predicted molar refractivity (Wildman–Crippen MR) is 251 cm³/mol. The Bertz CT molecular complexity index is 2460. The molecule has 18 heteroatoms. The van der Waals surface area contributed by atoms with Crippen LogP contribution in [0.5, 0.6) is 0 Å². The van der Waals surface area contributed by atoms with E-state index in [1.807, 2.05) is 13.8 Å². The van der Waals surface area contributed by atoms with Crippen LogP contribution in [0.1, 0.15) is 70.7 Å². The summed E-state index contributed by atoms with van der Waals surface area (Å²) in [5.74, 6) is -3.17. The molecule has 0 bridgehead atoms. The fraction of sp³-hybridized carbons (Fsp3) is 0.217. The van der Waals surface area contributed by atoms with E-state index in [-0.39, 0.29) is 32.5 Å². The lowest BCUT2D eigenvalue weighted by Gasteiger charge is -2.20. The monoisotopic (exact) mass is 942 g/mol. The Hall–Kier alpha value is -6.32. The van der Waals surface area contributed by atoms with Gasteiger partial charge in [0, 0.05) is 34.5 Å². The Balaban J connectivity index is 1.30. The summed E-state index contributed by atoms with van der Waals surface area (Å²) >= 11 is 24.8. The number of ketones is 2. The summed E-state index contributed by atoms with van der Waals surface area (Å²) in [6.07, 6.45) is 0.792. The van der Waals surface area contributed by atoms with Crippen LogP contribution in [-0.4, -0.2) is 47.3 Å². The van der Waals surface area contributed by atoms with Gasteiger partial charge in [0.25, 0.3) is 23.6 Å². The van der Waals surface area contributed by atoms with Gasteiger partial charge in [0.05, 0.1) is 21.2 Å². The molecule has 0 spiro atoms. The number of carbonyl (C=O) groups excluding carboxylic acids is 6. The lowest BCUT2D eigenvalue weighted by molar-refractivity contribution is -0.127. The van der Waals surface area contributed by atoms with Gasteiger partial charge in [-0.3, -0.25) is 28.8 Å². The van der Waals surface area contributed by atoms with Crippen LogP contribution in [0.4, 0.5) is 34.1 Å². The van der Waals surface area contributed by atoms with E-state index in [1.165, 1.54) is 38.1 Å². The van der Waals surface area contributed by atoms with Crippen LogP contribution >= 0.6 is 46.4 Å². The minimum absolute atomic E-state index is 0.0420. The maximum Gasteiger partial charge on any atom is 0.258 e. The van der Waals surface area contributed by atoms with Crippen molar-refractivity contribution in [3.05, 3.63) is 140 Å². The van der Waals surface area contributed by atoms with Crippen LogP contribution in [0, 0.1) is 0 Å². The van der Waals surface area contributed by atoms with E-state index in [4.69, 9.17) is 46.4 Å². The highest BCUT2D eigenvalue weighted by Gasteiger charge is 2.28. The van der Waals surface area contributed by atoms with Gasteiger partial charge in [-0.25, -0.2) is 0 Å². The minimum atomic E-state index is -1.58. The second-order valence-corrected chi connectivity index (χ2v) is 15.4. The van der Waals surface area contributed by atoms with Crippen LogP contribution in [0.2, 0.25) is 10.0 Å². The smallest absolute Gasteiger partial charge is 0.258 e. The quantitative estimate of drug-likeness (QED) is 0.0382. The van der Waals surface area contributed by atoms with E-state index < -0.39 is 47.3 Å². The van der Waals surface area contributed by atoms with Crippen LogP contribution in [-0.2, 0) is 43.8 Å². The Morgan fingerprint density at radius 3 is 1.19 bits per heavy atom. The number of Topliss-reactive ketones (excluding diaryl/α,β-unsaturated/α-hetero) is 2. The zero-order valence-electron chi connectivity index (χ0n) is 35.0. The van der Waals surface area contributed by atoms with E-state index in [1.54, 1.807) is 72.8 Å². The fourth-order valence-corrected chi connectivity index (χ4v) is 7.17. The highest BCUT2D eigenvalue weighted by Crippen LogP contribution is 2.33. The Morgan fingerprint density at radius 1 is 0.516 bits per heavy atom. The maximum absolute atomic E-state index is 13.6. The van der Waals surface area contributed by atoms with Crippen molar-refractivity contribution in [2.24, 2.45) is 20.5 Å². The molecule has 0 saturated carbocycles. The van der Waals surface area contributed by atoms with Crippen molar-refractivity contribution < 1.29 is 28.8 Å². The third-order valence-electron chi connectivity index (χ3n) is 9.66. The second-order valence-electron chi connectivity index (χ2n) is 14.1. The number of alkyl halides is 2. The molecule has 2 atom stereocenters. The molecule has 0 fully saturated rings. The molecule has 0 aromatic heterocycles. The van der Waals surface area contributed by atoms with E-state index in [0.29, 0.717) is 58.5 Å². The summed E-state index contributed by atoms with van der Waals surface area (Å²) in [6.45, 7) is 6.07. The van der Waals surface area contributed by atoms with Crippen molar-refractivity contribution in [1.29, 1.82) is 0 Å². The summed E-state index contributed by atoms with van der Waals surface area (Å²) in [4.78, 5) is 78.8. The van der Waals surface area contributed by atoms with Gasteiger partial charge >= 0.3 is 0 Å². The van der Waals surface area contributed by atoms with Crippen molar-refractivity contribution >= 4 is 116 Å². The highest BCUT2D eigenvalue weighted by molar-refractivity contribution is 6.37. The normalized spacial score (nSPS) is 12.1. The largest absolute Gasteiger partial charge is 0.323 e. The second kappa shape index (κ2) is 22.9. The molecule has 4 N–H and O–H groups in total. The SMILES string of the molecule is CCc1c(NC(=O)C(N=Nc2cccc(C(=O)Nc3ccc(CCl)cc3)c2Cl)C(C)=O)ccc(NC(=O)C(N=Nc2cccc(C(=O)Nc3ccc(CCl)cc3)c2Cl)C(C)=O)c1CC. The first-order chi connectivity index (χ1) is 30.7. The molecule has 0 radical (unpaired) electrons. The third-order valence-corrected chi connectivity index (χ3v) is 11.1. The Morgan fingerprint density at radius 2 is 0.875 bits per heavy atom. The zero-order chi connectivity index (χ0) is 46.5. The van der Waals surface area contributed by atoms with Gasteiger partial charge < -0.3 is 21.3 Å². The molecule has 0 aliphatic carbocycles. The molecule has 4 amide bonds. The van der Waals surface area contributed by atoms with Crippen molar-refractivity contribution in [3.8, 4) is 0 Å². The Kier molecular flexibility index (Phi) is 17.4. The molecule has 5 rings (SSSR count). The topological polar surface area (TPSA) is 200 Å². The number of anilines is 4. The molecule has 5 aromatic carbocycles. The van der Waals surface area contributed by atoms with Crippen LogP contribution in [0.3, 0.4) is 0 Å². The van der Waals surface area contributed by atoms with Gasteiger partial charge in [-0.15, -0.1) is 23.2 Å². The summed E-state index contributed by atoms with van der Waals surface area (Å²) in [5, 5.41) is 27.2. The zero-order valence-corrected chi connectivity index (χ0v) is 38.0. The van der Waals surface area contributed by atoms with Crippen molar-refractivity contribution in [3.63, 3.8) is 0 Å². The van der Waals surface area contributed by atoms with Crippen LogP contribution < -0.4 is 21.3 Å². The summed E-state index contributed by atoms with van der Waals surface area (Å²) < 4.78 is 0. The number of azo groups is 2. The highest BCUT2D eigenvalue weighted by atomic mass is 35.5. The number of carbonyl (C=O) groups is 6. The average molecular weight is 945 g/mol. The first-order valence-electron chi connectivity index (χ1n) is 19.8. The van der Waals surface area contributed by atoms with Crippen molar-refractivity contribution in [2.75, 3.05) is 21.3 Å². The van der Waals surface area contributed by atoms with Gasteiger partial charge in [0.15, 0.2) is 11.6 Å². The summed E-state index contributed by atoms with van der Waals surface area (Å²) in [6, 6.07) is 22.9. The van der Waals surface area contributed by atoms with Gasteiger partial charge in [-0.05, 0) is 110 Å². The molecule has 0 saturated heterocycles. The number of hydrogen-bond acceptors (Lipinski definition) is 10. The lowest BCUT2D eigenvalue weighted by Crippen LogP contribution is -2.33. The Labute approximate surface area is 389 Å². The molecule has 0 aliphatic rings. The van der Waals surface area contributed by atoms with E-state index in [0.717, 1.165) is 11.1 Å². The van der Waals surface area contributed by atoms with E-state index in [9.17, 15) is 28.8 Å². The van der Waals surface area contributed by atoms with Crippen LogP contribution in [0.15, 0.2) is 118 Å². The number of nitrogens with zero attached hydrogens (tertiary/aromatic N) is 4. The van der Waals surface area contributed by atoms with Gasteiger partial charge in [0.1, 0.15) is 11.4 Å². The molecule has 330 valence electrons. The molecule has 0 heterocycles. The van der Waals surface area contributed by atoms with Crippen molar-refractivity contribution in [2.45, 2.75) is 64.4 Å². The molecule has 2 unspecified atom stereocenters. The average Bonchev–Trinajstić information content (AvgIpc) is 3.28. The molecule has 5 aromatic rings. The fourth-order valence-electron chi connectivity index (χ4n) is 6.31. The number of benzene rings is 5. The molecule has 64 heavy (non-hydrogen) atoms. The molecular formula is C46H42Cl4N8O6. The first kappa shape index (κ1) is 48.7. The van der Waals surface area contributed by atoms with Gasteiger partial charge in [-0.1, -0.05) is 73.4 Å². The van der Waals surface area contributed by atoms with Crippen LogP contribution in [0.25, 0.3) is 0 Å². The van der Waals surface area contributed by atoms with E-state index >= 15 is 0 Å². The number of rotatable bonds is 18. The number of halogens is 4. The van der Waals surface area contributed by atoms with Gasteiger partial charge in [-0.2, -0.15) is 20.5 Å². The predicted octanol–water partition coefficient (Wildman–Crippen LogP) is 11.5. The van der Waals surface area contributed by atoms with E-state index in [2.05, 4.69) is 41.7 Å². The lowest BCUT2D eigenvalue weighted by atomic mass is 9.98. The summed E-state index contributed by atoms with van der Waals surface area (Å²) in [5.41, 5.74) is 5.09. The number of nitrogens with one attached hydrogen (secondary N) is 4. The number of hydrogen-bond donors (Lipinski definition) is 4. The molecule has 14 nitrogen and oxygen atoms in total. The summed E-state index contributed by atoms with van der Waals surface area (Å²) in [7, 11) is 0. The first-order valence-corrected chi connectivity index (χ1v) is 21.6. The van der Waals surface area contributed by atoms with Crippen molar-refractivity contribution in [1.82, 2.24) is 0 Å².